The van der Waals surface area contributed by atoms with Crippen LogP contribution in [0.25, 0.3) is 0 Å². The summed E-state index contributed by atoms with van der Waals surface area (Å²) in [4.78, 5) is 0. The van der Waals surface area contributed by atoms with Crippen LogP contribution in [0.3, 0.4) is 0 Å². The molecule has 0 spiro atoms. The molecule has 2 aliphatic rings. The molecule has 0 aliphatic heterocycles. The van der Waals surface area contributed by atoms with E-state index in [0.717, 1.165) is 61.5 Å². The number of rotatable bonds is 4. The summed E-state index contributed by atoms with van der Waals surface area (Å²) < 4.78 is 54.4. The van der Waals surface area contributed by atoms with E-state index in [2.05, 4.69) is 11.3 Å². The molecule has 0 saturated heterocycles. The Bertz CT molecular complexity index is 594. The van der Waals surface area contributed by atoms with Crippen molar-refractivity contribution < 1.29 is 22.3 Å². The number of allylic oxidation sites excluding steroid dienone is 1. The third-order valence-electron chi connectivity index (χ3n) is 5.86. The summed E-state index contributed by atoms with van der Waals surface area (Å²) >= 11 is 0. The molecular weight excluding hydrogens is 332 g/mol. The van der Waals surface area contributed by atoms with Gasteiger partial charge in [-0.15, -0.1) is 19.8 Å². The molecule has 1 aromatic carbocycles. The first-order chi connectivity index (χ1) is 11.9. The molecule has 3 rings (SSSR count). The van der Waals surface area contributed by atoms with Crippen LogP contribution in [0, 0.1) is 23.6 Å². The molecule has 2 atom stereocenters. The zero-order valence-electron chi connectivity index (χ0n) is 14.2. The predicted octanol–water partition coefficient (Wildman–Crippen LogP) is 6.60. The van der Waals surface area contributed by atoms with Crippen molar-refractivity contribution in [1.82, 2.24) is 0 Å². The number of hydrogen-bond acceptors (Lipinski definition) is 1. The SMILES string of the molecule is C=CCC1CC2CCC(c3ccc(OC(F)(F)F)c(F)c3)CCC2C1. The van der Waals surface area contributed by atoms with Gasteiger partial charge in [-0.05, 0) is 86.3 Å². The number of benzene rings is 1. The lowest BCUT2D eigenvalue weighted by Gasteiger charge is -2.17. The van der Waals surface area contributed by atoms with E-state index >= 15 is 0 Å². The molecule has 1 nitrogen and oxygen atoms in total. The number of hydrogen-bond donors (Lipinski definition) is 0. The van der Waals surface area contributed by atoms with Crippen molar-refractivity contribution in [3.63, 3.8) is 0 Å². The van der Waals surface area contributed by atoms with Crippen molar-refractivity contribution in [2.45, 2.75) is 57.2 Å². The van der Waals surface area contributed by atoms with Crippen LogP contribution in [-0.4, -0.2) is 6.36 Å². The molecule has 0 N–H and O–H groups in total. The van der Waals surface area contributed by atoms with Gasteiger partial charge in [-0.1, -0.05) is 12.1 Å². The maximum atomic E-state index is 14.0. The van der Waals surface area contributed by atoms with Crippen molar-refractivity contribution in [1.29, 1.82) is 0 Å². The number of fused-ring (bicyclic) bond motifs is 1. The Kier molecular flexibility index (Phi) is 5.40. The van der Waals surface area contributed by atoms with Crippen LogP contribution in [0.2, 0.25) is 0 Å². The molecule has 5 heteroatoms. The van der Waals surface area contributed by atoms with Gasteiger partial charge >= 0.3 is 6.36 Å². The van der Waals surface area contributed by atoms with Gasteiger partial charge in [0.2, 0.25) is 0 Å². The second kappa shape index (κ2) is 7.38. The summed E-state index contributed by atoms with van der Waals surface area (Å²) in [5.41, 5.74) is 0.787. The number of alkyl halides is 3. The van der Waals surface area contributed by atoms with Gasteiger partial charge in [0.25, 0.3) is 0 Å². The first kappa shape index (κ1) is 18.3. The molecule has 0 amide bonds. The van der Waals surface area contributed by atoms with Crippen molar-refractivity contribution >= 4 is 0 Å². The Morgan fingerprint density at radius 3 is 2.24 bits per heavy atom. The fraction of sp³-hybridized carbons (Fsp3) is 0.600. The highest BCUT2D eigenvalue weighted by atomic mass is 19.4. The molecule has 0 aromatic heterocycles. The second-order valence-electron chi connectivity index (χ2n) is 7.47. The first-order valence-corrected chi connectivity index (χ1v) is 9.01. The van der Waals surface area contributed by atoms with Gasteiger partial charge in [0.15, 0.2) is 11.6 Å². The van der Waals surface area contributed by atoms with Crippen LogP contribution in [0.1, 0.15) is 56.4 Å². The minimum atomic E-state index is -4.87. The van der Waals surface area contributed by atoms with E-state index in [1.807, 2.05) is 6.08 Å². The molecule has 0 radical (unpaired) electrons. The van der Waals surface area contributed by atoms with Gasteiger partial charge < -0.3 is 4.74 Å². The van der Waals surface area contributed by atoms with Gasteiger partial charge in [-0.25, -0.2) is 4.39 Å². The van der Waals surface area contributed by atoms with Crippen LogP contribution >= 0.6 is 0 Å². The Morgan fingerprint density at radius 2 is 1.72 bits per heavy atom. The lowest BCUT2D eigenvalue weighted by molar-refractivity contribution is -0.275. The summed E-state index contributed by atoms with van der Waals surface area (Å²) in [7, 11) is 0. The average molecular weight is 356 g/mol. The van der Waals surface area contributed by atoms with Crippen molar-refractivity contribution in [3.8, 4) is 5.75 Å². The molecule has 2 unspecified atom stereocenters. The molecule has 2 aliphatic carbocycles. The highest BCUT2D eigenvalue weighted by Crippen LogP contribution is 2.48. The standard InChI is InChI=1S/C20H24F4O/c1-2-3-13-10-15-6-4-14(5-7-16(15)11-13)17-8-9-19(18(21)12-17)25-20(22,23)24/h2,8-9,12-16H,1,3-7,10-11H2. The molecule has 0 heterocycles. The molecule has 2 saturated carbocycles. The minimum absolute atomic E-state index is 0.220. The lowest BCUT2D eigenvalue weighted by Crippen LogP contribution is -2.18. The second-order valence-corrected chi connectivity index (χ2v) is 7.47. The van der Waals surface area contributed by atoms with Gasteiger partial charge in [-0.2, -0.15) is 0 Å². The van der Waals surface area contributed by atoms with E-state index in [1.54, 1.807) is 6.07 Å². The van der Waals surface area contributed by atoms with E-state index in [9.17, 15) is 17.6 Å². The molecule has 138 valence electrons. The van der Waals surface area contributed by atoms with Crippen molar-refractivity contribution in [2.75, 3.05) is 0 Å². The Hall–Kier alpha value is -1.52. The van der Waals surface area contributed by atoms with Crippen molar-refractivity contribution in [2.24, 2.45) is 17.8 Å². The van der Waals surface area contributed by atoms with Crippen LogP contribution in [0.4, 0.5) is 17.6 Å². The molecule has 25 heavy (non-hydrogen) atoms. The molecular formula is C20H24F4O. The van der Waals surface area contributed by atoms with Crippen LogP contribution < -0.4 is 4.74 Å². The zero-order valence-corrected chi connectivity index (χ0v) is 14.2. The quantitative estimate of drug-likeness (QED) is 0.436. The number of ether oxygens (including phenoxy) is 1. The van der Waals surface area contributed by atoms with Crippen LogP contribution in [-0.2, 0) is 0 Å². The lowest BCUT2D eigenvalue weighted by atomic mass is 9.89. The molecule has 0 bridgehead atoms. The van der Waals surface area contributed by atoms with E-state index in [4.69, 9.17) is 0 Å². The fourth-order valence-corrected chi connectivity index (χ4v) is 4.76. The Morgan fingerprint density at radius 1 is 1.08 bits per heavy atom. The van der Waals surface area contributed by atoms with Gasteiger partial charge in [0.1, 0.15) is 0 Å². The summed E-state index contributed by atoms with van der Waals surface area (Å²) in [5.74, 6) is 0.734. The number of halogens is 4. The maximum Gasteiger partial charge on any atom is 0.573 e. The van der Waals surface area contributed by atoms with Crippen LogP contribution in [0.5, 0.6) is 5.75 Å². The van der Waals surface area contributed by atoms with E-state index in [0.29, 0.717) is 0 Å². The minimum Gasteiger partial charge on any atom is -0.403 e. The highest BCUT2D eigenvalue weighted by molar-refractivity contribution is 5.31. The summed E-state index contributed by atoms with van der Waals surface area (Å²) in [6.07, 6.45) is 4.89. The van der Waals surface area contributed by atoms with E-state index < -0.39 is 17.9 Å². The summed E-state index contributed by atoms with van der Waals surface area (Å²) in [6, 6.07) is 3.90. The topological polar surface area (TPSA) is 9.23 Å². The maximum absolute atomic E-state index is 14.0. The molecule has 2 fully saturated rings. The zero-order chi connectivity index (χ0) is 18.0. The monoisotopic (exact) mass is 356 g/mol. The van der Waals surface area contributed by atoms with E-state index in [-0.39, 0.29) is 5.92 Å². The summed E-state index contributed by atoms with van der Waals surface area (Å²) in [5, 5.41) is 0. The predicted molar refractivity (Wildman–Crippen MR) is 88.8 cm³/mol. The Labute approximate surface area is 146 Å². The third kappa shape index (κ3) is 4.56. The Balaban J connectivity index is 1.64. The molecule has 1 aromatic rings. The summed E-state index contributed by atoms with van der Waals surface area (Å²) in [6.45, 7) is 3.83. The van der Waals surface area contributed by atoms with Gasteiger partial charge in [0.05, 0.1) is 0 Å². The highest BCUT2D eigenvalue weighted by Gasteiger charge is 2.36. The fourth-order valence-electron chi connectivity index (χ4n) is 4.76. The van der Waals surface area contributed by atoms with Gasteiger partial charge in [0, 0.05) is 0 Å². The first-order valence-electron chi connectivity index (χ1n) is 9.01. The normalized spacial score (nSPS) is 29.8. The average Bonchev–Trinajstić information content (AvgIpc) is 2.80. The smallest absolute Gasteiger partial charge is 0.403 e. The van der Waals surface area contributed by atoms with Crippen molar-refractivity contribution in [3.05, 3.63) is 42.2 Å². The van der Waals surface area contributed by atoms with Crippen LogP contribution in [0.15, 0.2) is 30.9 Å². The third-order valence-corrected chi connectivity index (χ3v) is 5.86. The van der Waals surface area contributed by atoms with Gasteiger partial charge in [-0.3, -0.25) is 0 Å². The largest absolute Gasteiger partial charge is 0.573 e. The van der Waals surface area contributed by atoms with E-state index in [1.165, 1.54) is 18.9 Å².